The lowest BCUT2D eigenvalue weighted by Gasteiger charge is -2.20. The number of hydrogen-bond donors (Lipinski definition) is 1. The van der Waals surface area contributed by atoms with Gasteiger partial charge in [0.1, 0.15) is 16.6 Å². The molecule has 0 aliphatic carbocycles. The summed E-state index contributed by atoms with van der Waals surface area (Å²) in [5.74, 6) is 0.848. The van der Waals surface area contributed by atoms with Crippen LogP contribution >= 0.6 is 15.9 Å². The molecule has 0 amide bonds. The number of hydrogen-bond acceptors (Lipinski definition) is 3. The Balaban J connectivity index is 2.61. The van der Waals surface area contributed by atoms with Gasteiger partial charge in [0.25, 0.3) is 5.56 Å². The Morgan fingerprint density at radius 2 is 2.50 bits per heavy atom. The zero-order chi connectivity index (χ0) is 8.55. The third-order valence-corrected chi connectivity index (χ3v) is 2.58. The fraction of sp³-hybridized carbons (Fsp3) is 0.429. The Morgan fingerprint density at radius 3 is 3.33 bits per heavy atom. The maximum absolute atomic E-state index is 11.1. The average Bonchev–Trinajstić information content (AvgIpc) is 2.12. The molecular weight excluding hydrogens is 222 g/mol. The molecule has 1 aromatic heterocycles. The van der Waals surface area contributed by atoms with Gasteiger partial charge < -0.3 is 9.88 Å². The molecule has 1 aliphatic heterocycles. The van der Waals surface area contributed by atoms with Gasteiger partial charge in [0, 0.05) is 13.1 Å². The molecule has 1 aliphatic rings. The molecule has 0 saturated carbocycles. The fourth-order valence-corrected chi connectivity index (χ4v) is 1.74. The van der Waals surface area contributed by atoms with E-state index in [1.54, 1.807) is 6.33 Å². The van der Waals surface area contributed by atoms with E-state index in [4.69, 9.17) is 0 Å². The number of rotatable bonds is 0. The van der Waals surface area contributed by atoms with E-state index in [-0.39, 0.29) is 5.56 Å². The van der Waals surface area contributed by atoms with Crippen molar-refractivity contribution in [3.05, 3.63) is 21.2 Å². The summed E-state index contributed by atoms with van der Waals surface area (Å²) in [6.07, 6.45) is 2.65. The van der Waals surface area contributed by atoms with Crippen LogP contribution in [-0.4, -0.2) is 16.1 Å². The fourth-order valence-electron chi connectivity index (χ4n) is 1.27. The lowest BCUT2D eigenvalue weighted by atomic mass is 10.3. The molecule has 0 radical (unpaired) electrons. The van der Waals surface area contributed by atoms with Crippen molar-refractivity contribution in [1.29, 1.82) is 0 Å². The molecule has 5 heteroatoms. The number of anilines is 1. The minimum absolute atomic E-state index is 0.212. The van der Waals surface area contributed by atoms with Gasteiger partial charge in [0.05, 0.1) is 0 Å². The zero-order valence-corrected chi connectivity index (χ0v) is 7.97. The predicted octanol–water partition coefficient (Wildman–Crippen LogP) is 0.821. The number of nitrogens with zero attached hydrogens (tertiary/aromatic N) is 2. The number of aromatic nitrogens is 2. The van der Waals surface area contributed by atoms with Crippen molar-refractivity contribution in [2.45, 2.75) is 13.0 Å². The summed E-state index contributed by atoms with van der Waals surface area (Å²) < 4.78 is 2.47. The quantitative estimate of drug-likeness (QED) is 0.717. The van der Waals surface area contributed by atoms with E-state index in [0.717, 1.165) is 25.3 Å². The minimum atomic E-state index is -0.212. The van der Waals surface area contributed by atoms with Crippen molar-refractivity contribution in [2.75, 3.05) is 11.9 Å². The molecule has 0 atom stereocenters. The molecule has 0 bridgehead atoms. The van der Waals surface area contributed by atoms with E-state index < -0.39 is 0 Å². The van der Waals surface area contributed by atoms with E-state index in [0.29, 0.717) is 4.47 Å². The Bertz CT molecular complexity index is 360. The van der Waals surface area contributed by atoms with E-state index in [1.165, 1.54) is 0 Å². The van der Waals surface area contributed by atoms with Gasteiger partial charge in [-0.3, -0.25) is 4.79 Å². The minimum Gasteiger partial charge on any atom is -0.370 e. The first-order chi connectivity index (χ1) is 5.79. The second-order valence-corrected chi connectivity index (χ2v) is 3.48. The molecule has 0 saturated heterocycles. The first-order valence-corrected chi connectivity index (χ1v) is 4.57. The SMILES string of the molecule is O=c1ncn2c(c1Br)NCCC2. The van der Waals surface area contributed by atoms with Crippen LogP contribution in [0.4, 0.5) is 5.82 Å². The van der Waals surface area contributed by atoms with Crippen LogP contribution in [0.1, 0.15) is 6.42 Å². The van der Waals surface area contributed by atoms with Gasteiger partial charge in [-0.25, -0.2) is 0 Å². The zero-order valence-electron chi connectivity index (χ0n) is 6.38. The molecular formula is C7H8BrN3O. The Hall–Kier alpha value is -0.840. The number of aryl methyl sites for hydroxylation is 1. The van der Waals surface area contributed by atoms with Gasteiger partial charge >= 0.3 is 0 Å². The van der Waals surface area contributed by atoms with Crippen molar-refractivity contribution in [1.82, 2.24) is 9.55 Å². The molecule has 64 valence electrons. The topological polar surface area (TPSA) is 46.9 Å². The van der Waals surface area contributed by atoms with Gasteiger partial charge in [0.15, 0.2) is 0 Å². The van der Waals surface area contributed by atoms with Crippen molar-refractivity contribution < 1.29 is 0 Å². The third kappa shape index (κ3) is 1.14. The van der Waals surface area contributed by atoms with Crippen molar-refractivity contribution >= 4 is 21.7 Å². The summed E-state index contributed by atoms with van der Waals surface area (Å²) in [7, 11) is 0. The van der Waals surface area contributed by atoms with Crippen LogP contribution in [0.3, 0.4) is 0 Å². The highest BCUT2D eigenvalue weighted by Crippen LogP contribution is 2.19. The van der Waals surface area contributed by atoms with E-state index >= 15 is 0 Å². The molecule has 0 spiro atoms. The molecule has 4 nitrogen and oxygen atoms in total. The largest absolute Gasteiger partial charge is 0.370 e. The van der Waals surface area contributed by atoms with Crippen molar-refractivity contribution in [3.8, 4) is 0 Å². The van der Waals surface area contributed by atoms with E-state index in [1.807, 2.05) is 4.57 Å². The first kappa shape index (κ1) is 7.79. The van der Waals surface area contributed by atoms with Gasteiger partial charge in [-0.2, -0.15) is 4.98 Å². The first-order valence-electron chi connectivity index (χ1n) is 3.78. The highest BCUT2D eigenvalue weighted by Gasteiger charge is 2.12. The van der Waals surface area contributed by atoms with E-state index in [2.05, 4.69) is 26.2 Å². The van der Waals surface area contributed by atoms with Crippen LogP contribution in [-0.2, 0) is 6.54 Å². The van der Waals surface area contributed by atoms with Crippen LogP contribution in [0.15, 0.2) is 15.6 Å². The maximum Gasteiger partial charge on any atom is 0.289 e. The number of halogens is 1. The van der Waals surface area contributed by atoms with Gasteiger partial charge in [-0.15, -0.1) is 0 Å². The lowest BCUT2D eigenvalue weighted by Crippen LogP contribution is -2.23. The van der Waals surface area contributed by atoms with Crippen LogP contribution < -0.4 is 10.9 Å². The summed E-state index contributed by atoms with van der Waals surface area (Å²) >= 11 is 3.21. The summed E-state index contributed by atoms with van der Waals surface area (Å²) in [5.41, 5.74) is -0.212. The molecule has 1 aromatic rings. The van der Waals surface area contributed by atoms with Crippen LogP contribution in [0.25, 0.3) is 0 Å². The van der Waals surface area contributed by atoms with Gasteiger partial charge in [-0.05, 0) is 22.4 Å². The maximum atomic E-state index is 11.1. The van der Waals surface area contributed by atoms with Crippen LogP contribution in [0.2, 0.25) is 0 Å². The highest BCUT2D eigenvalue weighted by molar-refractivity contribution is 9.10. The summed E-state index contributed by atoms with van der Waals surface area (Å²) in [6, 6.07) is 0. The van der Waals surface area contributed by atoms with Crippen LogP contribution in [0.5, 0.6) is 0 Å². The van der Waals surface area contributed by atoms with Crippen molar-refractivity contribution in [3.63, 3.8) is 0 Å². The molecule has 0 unspecified atom stereocenters. The molecule has 2 heterocycles. The second kappa shape index (κ2) is 2.90. The molecule has 12 heavy (non-hydrogen) atoms. The smallest absolute Gasteiger partial charge is 0.289 e. The van der Waals surface area contributed by atoms with E-state index in [9.17, 15) is 4.79 Å². The van der Waals surface area contributed by atoms with Gasteiger partial charge in [-0.1, -0.05) is 0 Å². The van der Waals surface area contributed by atoms with Gasteiger partial charge in [0.2, 0.25) is 0 Å². The number of fused-ring (bicyclic) bond motifs is 1. The third-order valence-electron chi connectivity index (χ3n) is 1.87. The normalized spacial score (nSPS) is 15.1. The monoisotopic (exact) mass is 229 g/mol. The highest BCUT2D eigenvalue weighted by atomic mass is 79.9. The number of nitrogens with one attached hydrogen (secondary N) is 1. The molecule has 2 rings (SSSR count). The molecule has 0 fully saturated rings. The van der Waals surface area contributed by atoms with Crippen molar-refractivity contribution in [2.24, 2.45) is 0 Å². The molecule has 0 aromatic carbocycles. The summed E-state index contributed by atoms with van der Waals surface area (Å²) in [4.78, 5) is 14.8. The standard InChI is InChI=1S/C7H8BrN3O/c8-5-6-9-2-1-3-11(6)4-10-7(5)12/h4,9H,1-3H2. The Kier molecular flexibility index (Phi) is 1.88. The second-order valence-electron chi connectivity index (χ2n) is 2.69. The Morgan fingerprint density at radius 1 is 1.67 bits per heavy atom. The average molecular weight is 230 g/mol. The predicted molar refractivity (Wildman–Crippen MR) is 49.3 cm³/mol. The Labute approximate surface area is 77.7 Å². The summed E-state index contributed by atoms with van der Waals surface area (Å²) in [5, 5.41) is 3.15. The van der Waals surface area contributed by atoms with Crippen LogP contribution in [0, 0.1) is 0 Å². The summed E-state index contributed by atoms with van der Waals surface area (Å²) in [6.45, 7) is 1.84. The molecule has 1 N–H and O–H groups in total. The lowest BCUT2D eigenvalue weighted by molar-refractivity contribution is 0.610.